The van der Waals surface area contributed by atoms with Gasteiger partial charge in [-0.3, -0.25) is 4.90 Å². The van der Waals surface area contributed by atoms with Crippen molar-refractivity contribution >= 4 is 11.0 Å². The minimum atomic E-state index is -0.174. The first-order valence-corrected chi connectivity index (χ1v) is 8.29. The van der Waals surface area contributed by atoms with Gasteiger partial charge >= 0.3 is 0 Å². The zero-order chi connectivity index (χ0) is 16.4. The van der Waals surface area contributed by atoms with Crippen LogP contribution in [0.1, 0.15) is 11.4 Å². The third-order valence-corrected chi connectivity index (χ3v) is 4.49. The van der Waals surface area contributed by atoms with Crippen LogP contribution < -0.4 is 0 Å². The van der Waals surface area contributed by atoms with Crippen molar-refractivity contribution < 1.29 is 9.13 Å². The van der Waals surface area contributed by atoms with Crippen molar-refractivity contribution in [2.45, 2.75) is 13.1 Å². The molecule has 1 aromatic heterocycles. The van der Waals surface area contributed by atoms with Gasteiger partial charge in [-0.05, 0) is 18.2 Å². The third-order valence-electron chi connectivity index (χ3n) is 4.49. The van der Waals surface area contributed by atoms with E-state index < -0.39 is 0 Å². The van der Waals surface area contributed by atoms with Crippen molar-refractivity contribution in [1.82, 2.24) is 14.5 Å². The molecule has 0 atom stereocenters. The number of fused-ring (bicyclic) bond motifs is 1. The first-order chi connectivity index (χ1) is 11.8. The van der Waals surface area contributed by atoms with Crippen molar-refractivity contribution in [2.75, 3.05) is 26.3 Å². The maximum Gasteiger partial charge on any atom is 0.128 e. The summed E-state index contributed by atoms with van der Waals surface area (Å²) in [5.74, 6) is 0.800. The zero-order valence-electron chi connectivity index (χ0n) is 13.5. The normalized spacial score (nSPS) is 15.9. The average molecular weight is 325 g/mol. The Morgan fingerprint density at radius 1 is 0.958 bits per heavy atom. The summed E-state index contributed by atoms with van der Waals surface area (Å²) in [6.45, 7) is 4.58. The molecule has 3 aromatic rings. The van der Waals surface area contributed by atoms with Crippen molar-refractivity contribution in [2.24, 2.45) is 0 Å². The maximum atomic E-state index is 14.1. The summed E-state index contributed by atoms with van der Waals surface area (Å²) in [4.78, 5) is 7.13. The van der Waals surface area contributed by atoms with Gasteiger partial charge in [0.15, 0.2) is 0 Å². The van der Waals surface area contributed by atoms with Gasteiger partial charge in [-0.2, -0.15) is 0 Å². The lowest BCUT2D eigenvalue weighted by Gasteiger charge is -2.26. The molecule has 5 heteroatoms. The van der Waals surface area contributed by atoms with E-state index in [-0.39, 0.29) is 5.82 Å². The number of aromatic nitrogens is 2. The maximum absolute atomic E-state index is 14.1. The number of morpholine rings is 1. The predicted octanol–water partition coefficient (Wildman–Crippen LogP) is 3.06. The van der Waals surface area contributed by atoms with E-state index in [0.29, 0.717) is 12.1 Å². The van der Waals surface area contributed by atoms with Crippen molar-refractivity contribution in [3.05, 3.63) is 65.7 Å². The molecule has 2 heterocycles. The van der Waals surface area contributed by atoms with Crippen LogP contribution in [-0.4, -0.2) is 40.8 Å². The lowest BCUT2D eigenvalue weighted by atomic mass is 10.2. The van der Waals surface area contributed by atoms with Crippen molar-refractivity contribution in [3.8, 4) is 0 Å². The molecule has 4 rings (SSSR count). The highest BCUT2D eigenvalue weighted by atomic mass is 19.1. The van der Waals surface area contributed by atoms with E-state index in [1.54, 1.807) is 6.07 Å². The Morgan fingerprint density at radius 3 is 2.54 bits per heavy atom. The standard InChI is InChI=1S/C19H20FN3O/c20-16-6-2-1-5-15(16)13-23-18-8-4-3-7-17(18)21-19(23)14-22-9-11-24-12-10-22/h1-8H,9-14H2. The van der Waals surface area contributed by atoms with Gasteiger partial charge in [0.1, 0.15) is 11.6 Å². The molecule has 1 aliphatic heterocycles. The van der Waals surface area contributed by atoms with Crippen molar-refractivity contribution in [3.63, 3.8) is 0 Å². The van der Waals surface area contributed by atoms with E-state index in [2.05, 4.69) is 9.47 Å². The summed E-state index contributed by atoms with van der Waals surface area (Å²) in [5, 5.41) is 0. The van der Waals surface area contributed by atoms with E-state index in [0.717, 1.165) is 49.7 Å². The van der Waals surface area contributed by atoms with Crippen LogP contribution in [-0.2, 0) is 17.8 Å². The molecule has 1 saturated heterocycles. The number of nitrogens with zero attached hydrogens (tertiary/aromatic N) is 3. The fraction of sp³-hybridized carbons (Fsp3) is 0.316. The zero-order valence-corrected chi connectivity index (χ0v) is 13.5. The number of ether oxygens (including phenoxy) is 1. The van der Waals surface area contributed by atoms with Gasteiger partial charge in [-0.1, -0.05) is 30.3 Å². The molecule has 0 N–H and O–H groups in total. The quantitative estimate of drug-likeness (QED) is 0.738. The van der Waals surface area contributed by atoms with Crippen LogP contribution in [0.2, 0.25) is 0 Å². The fourth-order valence-corrected chi connectivity index (χ4v) is 3.18. The molecular weight excluding hydrogens is 305 g/mol. The largest absolute Gasteiger partial charge is 0.379 e. The Hall–Kier alpha value is -2.24. The molecule has 0 saturated carbocycles. The van der Waals surface area contributed by atoms with Crippen LogP contribution in [0.25, 0.3) is 11.0 Å². The third kappa shape index (κ3) is 3.05. The summed E-state index contributed by atoms with van der Waals surface area (Å²) < 4.78 is 21.7. The number of benzene rings is 2. The second-order valence-corrected chi connectivity index (χ2v) is 6.08. The number of imidazole rings is 1. The second kappa shape index (κ2) is 6.71. The minimum absolute atomic E-state index is 0.174. The molecular formula is C19H20FN3O. The van der Waals surface area contributed by atoms with Gasteiger partial charge in [-0.25, -0.2) is 9.37 Å². The van der Waals surface area contributed by atoms with E-state index in [1.165, 1.54) is 6.07 Å². The highest BCUT2D eigenvalue weighted by molar-refractivity contribution is 5.76. The van der Waals surface area contributed by atoms with Gasteiger partial charge in [0, 0.05) is 18.7 Å². The summed E-state index contributed by atoms with van der Waals surface area (Å²) in [6, 6.07) is 15.0. The number of para-hydroxylation sites is 2. The lowest BCUT2D eigenvalue weighted by Crippen LogP contribution is -2.36. The van der Waals surface area contributed by atoms with E-state index in [4.69, 9.17) is 9.72 Å². The molecule has 1 aliphatic rings. The molecule has 0 bridgehead atoms. The molecule has 124 valence electrons. The molecule has 24 heavy (non-hydrogen) atoms. The average Bonchev–Trinajstić information content (AvgIpc) is 2.95. The fourth-order valence-electron chi connectivity index (χ4n) is 3.18. The van der Waals surface area contributed by atoms with Gasteiger partial charge < -0.3 is 9.30 Å². The smallest absolute Gasteiger partial charge is 0.128 e. The van der Waals surface area contributed by atoms with Crippen LogP contribution in [0.5, 0.6) is 0 Å². The first kappa shape index (κ1) is 15.3. The summed E-state index contributed by atoms with van der Waals surface area (Å²) in [5.41, 5.74) is 2.69. The molecule has 0 amide bonds. The van der Waals surface area contributed by atoms with Crippen LogP contribution in [0.15, 0.2) is 48.5 Å². The van der Waals surface area contributed by atoms with E-state index in [1.807, 2.05) is 36.4 Å². The lowest BCUT2D eigenvalue weighted by molar-refractivity contribution is 0.0327. The van der Waals surface area contributed by atoms with Gasteiger partial charge in [0.05, 0.1) is 37.3 Å². The van der Waals surface area contributed by atoms with Gasteiger partial charge in [0.25, 0.3) is 0 Å². The van der Waals surface area contributed by atoms with Gasteiger partial charge in [-0.15, -0.1) is 0 Å². The molecule has 4 nitrogen and oxygen atoms in total. The summed E-state index contributed by atoms with van der Waals surface area (Å²) >= 11 is 0. The van der Waals surface area contributed by atoms with Crippen LogP contribution in [0, 0.1) is 5.82 Å². The second-order valence-electron chi connectivity index (χ2n) is 6.08. The Labute approximate surface area is 140 Å². The number of halogens is 1. The van der Waals surface area contributed by atoms with E-state index >= 15 is 0 Å². The summed E-state index contributed by atoms with van der Waals surface area (Å²) in [6.07, 6.45) is 0. The molecule has 2 aromatic carbocycles. The number of rotatable bonds is 4. The highest BCUT2D eigenvalue weighted by Gasteiger charge is 2.17. The van der Waals surface area contributed by atoms with Crippen molar-refractivity contribution in [1.29, 1.82) is 0 Å². The van der Waals surface area contributed by atoms with E-state index in [9.17, 15) is 4.39 Å². The van der Waals surface area contributed by atoms with Crippen LogP contribution in [0.4, 0.5) is 4.39 Å². The Kier molecular flexibility index (Phi) is 4.28. The molecule has 1 fully saturated rings. The highest BCUT2D eigenvalue weighted by Crippen LogP contribution is 2.20. The summed E-state index contributed by atoms with van der Waals surface area (Å²) in [7, 11) is 0. The number of hydrogen-bond acceptors (Lipinski definition) is 3. The number of hydrogen-bond donors (Lipinski definition) is 0. The van der Waals surface area contributed by atoms with Crippen LogP contribution >= 0.6 is 0 Å². The molecule has 0 radical (unpaired) electrons. The van der Waals surface area contributed by atoms with Gasteiger partial charge in [0.2, 0.25) is 0 Å². The minimum Gasteiger partial charge on any atom is -0.379 e. The monoisotopic (exact) mass is 325 g/mol. The first-order valence-electron chi connectivity index (χ1n) is 8.29. The predicted molar refractivity (Wildman–Crippen MR) is 91.3 cm³/mol. The molecule has 0 unspecified atom stereocenters. The Morgan fingerprint density at radius 2 is 1.71 bits per heavy atom. The van der Waals surface area contributed by atoms with Crippen LogP contribution in [0.3, 0.4) is 0 Å². The molecule has 0 aliphatic carbocycles. The SMILES string of the molecule is Fc1ccccc1Cn1c(CN2CCOCC2)nc2ccccc21. The molecule has 0 spiro atoms. The Balaban J connectivity index is 1.71. The topological polar surface area (TPSA) is 30.3 Å². The Bertz CT molecular complexity index is 839.